The van der Waals surface area contributed by atoms with Crippen molar-refractivity contribution in [3.05, 3.63) is 24.3 Å². The smallest absolute Gasteiger partial charge is 0.305 e. The van der Waals surface area contributed by atoms with Crippen LogP contribution >= 0.6 is 0 Å². The minimum Gasteiger partial charge on any atom is -0.466 e. The monoisotopic (exact) mass is 382 g/mol. The molecule has 156 valence electrons. The number of ether oxygens (including phenoxy) is 1. The largest absolute Gasteiger partial charge is 0.466 e. The molecule has 1 fully saturated rings. The molecule has 0 aromatic rings. The molecule has 0 aromatic heterocycles. The third-order valence-corrected chi connectivity index (χ3v) is 5.21. The maximum Gasteiger partial charge on any atom is 0.305 e. The molecule has 5 nitrogen and oxygen atoms in total. The Morgan fingerprint density at radius 1 is 1.15 bits per heavy atom. The second-order valence-electron chi connectivity index (χ2n) is 7.46. The highest BCUT2D eigenvalue weighted by Crippen LogP contribution is 2.36. The highest BCUT2D eigenvalue weighted by Gasteiger charge is 2.39. The van der Waals surface area contributed by atoms with Crippen LogP contribution in [0.2, 0.25) is 0 Å². The van der Waals surface area contributed by atoms with Crippen LogP contribution in [-0.4, -0.2) is 46.2 Å². The Labute approximate surface area is 164 Å². The number of esters is 1. The molecule has 0 saturated heterocycles. The van der Waals surface area contributed by atoms with E-state index in [0.717, 1.165) is 38.5 Å². The Morgan fingerprint density at radius 3 is 2.63 bits per heavy atom. The van der Waals surface area contributed by atoms with E-state index in [-0.39, 0.29) is 17.8 Å². The summed E-state index contributed by atoms with van der Waals surface area (Å²) in [4.78, 5) is 11.3. The van der Waals surface area contributed by atoms with Crippen molar-refractivity contribution < 1.29 is 24.9 Å². The van der Waals surface area contributed by atoms with Gasteiger partial charge in [-0.05, 0) is 38.5 Å². The number of carbonyl (C=O) groups is 1. The maximum absolute atomic E-state index is 11.3. The van der Waals surface area contributed by atoms with Crippen molar-refractivity contribution in [2.45, 2.75) is 89.9 Å². The van der Waals surface area contributed by atoms with Crippen molar-refractivity contribution in [3.8, 4) is 0 Å². The second-order valence-corrected chi connectivity index (χ2v) is 7.46. The Morgan fingerprint density at radius 2 is 1.93 bits per heavy atom. The van der Waals surface area contributed by atoms with Crippen LogP contribution in [0.25, 0.3) is 0 Å². The SMILES string of the molecule is CCCCC[C@H](O)/C=C/[C@H]1[C@H](O)CC(O)[C@@H]1C/C=C\CCCC(=O)OCC. The summed E-state index contributed by atoms with van der Waals surface area (Å²) in [5.74, 6) is -0.340. The molecule has 1 unspecified atom stereocenters. The second kappa shape index (κ2) is 13.9. The average Bonchev–Trinajstić information content (AvgIpc) is 2.89. The number of rotatable bonds is 13. The molecule has 0 heterocycles. The molecule has 1 rings (SSSR count). The first-order valence-corrected chi connectivity index (χ1v) is 10.5. The molecule has 0 amide bonds. The molecule has 27 heavy (non-hydrogen) atoms. The molecule has 0 bridgehead atoms. The minimum absolute atomic E-state index is 0.0413. The Kier molecular flexibility index (Phi) is 12.3. The molecule has 1 saturated carbocycles. The van der Waals surface area contributed by atoms with Gasteiger partial charge < -0.3 is 20.1 Å². The van der Waals surface area contributed by atoms with Crippen LogP contribution in [0.3, 0.4) is 0 Å². The minimum atomic E-state index is -0.568. The zero-order chi connectivity index (χ0) is 20.1. The van der Waals surface area contributed by atoms with Crippen LogP contribution in [0.4, 0.5) is 0 Å². The average molecular weight is 383 g/mol. The van der Waals surface area contributed by atoms with Crippen molar-refractivity contribution in [1.29, 1.82) is 0 Å². The first kappa shape index (κ1) is 23.9. The summed E-state index contributed by atoms with van der Waals surface area (Å²) >= 11 is 0. The van der Waals surface area contributed by atoms with Crippen molar-refractivity contribution in [1.82, 2.24) is 0 Å². The summed E-state index contributed by atoms with van der Waals surface area (Å²) in [7, 11) is 0. The fraction of sp³-hybridized carbons (Fsp3) is 0.773. The predicted molar refractivity (Wildman–Crippen MR) is 107 cm³/mol. The van der Waals surface area contributed by atoms with E-state index in [1.54, 1.807) is 13.0 Å². The lowest BCUT2D eigenvalue weighted by atomic mass is 9.89. The van der Waals surface area contributed by atoms with Gasteiger partial charge in [0.25, 0.3) is 0 Å². The fourth-order valence-electron chi connectivity index (χ4n) is 3.63. The first-order valence-electron chi connectivity index (χ1n) is 10.5. The summed E-state index contributed by atoms with van der Waals surface area (Å²) in [5, 5.41) is 30.5. The van der Waals surface area contributed by atoms with Crippen LogP contribution in [-0.2, 0) is 9.53 Å². The fourth-order valence-corrected chi connectivity index (χ4v) is 3.63. The van der Waals surface area contributed by atoms with Crippen molar-refractivity contribution >= 4 is 5.97 Å². The van der Waals surface area contributed by atoms with Gasteiger partial charge in [0.15, 0.2) is 0 Å². The molecule has 5 atom stereocenters. The third-order valence-electron chi connectivity index (χ3n) is 5.21. The van der Waals surface area contributed by atoms with Gasteiger partial charge >= 0.3 is 5.97 Å². The van der Waals surface area contributed by atoms with Gasteiger partial charge in [0.05, 0.1) is 24.9 Å². The number of hydrogen-bond acceptors (Lipinski definition) is 5. The first-order chi connectivity index (χ1) is 13.0. The van der Waals surface area contributed by atoms with E-state index in [1.165, 1.54) is 0 Å². The van der Waals surface area contributed by atoms with Gasteiger partial charge in [0.1, 0.15) is 0 Å². The zero-order valence-corrected chi connectivity index (χ0v) is 16.9. The van der Waals surface area contributed by atoms with Crippen molar-refractivity contribution in [3.63, 3.8) is 0 Å². The predicted octanol–water partition coefficient (Wildman–Crippen LogP) is 3.52. The number of hydrogen-bond donors (Lipinski definition) is 3. The quantitative estimate of drug-likeness (QED) is 0.258. The lowest BCUT2D eigenvalue weighted by molar-refractivity contribution is -0.143. The molecule has 3 N–H and O–H groups in total. The van der Waals surface area contributed by atoms with Gasteiger partial charge in [-0.25, -0.2) is 0 Å². The van der Waals surface area contributed by atoms with E-state index < -0.39 is 18.3 Å². The lowest BCUT2D eigenvalue weighted by Crippen LogP contribution is -2.20. The molecule has 1 aliphatic carbocycles. The van der Waals surface area contributed by atoms with E-state index >= 15 is 0 Å². The van der Waals surface area contributed by atoms with Crippen molar-refractivity contribution in [2.24, 2.45) is 11.8 Å². The van der Waals surface area contributed by atoms with E-state index in [9.17, 15) is 20.1 Å². The van der Waals surface area contributed by atoms with Gasteiger partial charge in [-0.3, -0.25) is 4.79 Å². The van der Waals surface area contributed by atoms with Gasteiger partial charge in [-0.2, -0.15) is 0 Å². The highest BCUT2D eigenvalue weighted by molar-refractivity contribution is 5.69. The van der Waals surface area contributed by atoms with E-state index in [0.29, 0.717) is 25.9 Å². The van der Waals surface area contributed by atoms with Gasteiger partial charge in [0, 0.05) is 18.8 Å². The summed E-state index contributed by atoms with van der Waals surface area (Å²) in [5.41, 5.74) is 0. The van der Waals surface area contributed by atoms with Crippen LogP contribution in [0.1, 0.15) is 71.6 Å². The third kappa shape index (κ3) is 9.54. The topological polar surface area (TPSA) is 87.0 Å². The maximum atomic E-state index is 11.3. The number of aliphatic hydroxyl groups is 3. The summed E-state index contributed by atoms with van der Waals surface area (Å²) in [6.07, 6.45) is 13.1. The standard InChI is InChI=1S/C22H38O5/c1-3-5-8-11-17(23)14-15-19-18(20(24)16-21(19)25)12-9-6-7-10-13-22(26)27-4-2/h6,9,14-15,17-21,23-25H,3-5,7-8,10-13,16H2,1-2H3/b9-6-,15-14+/t17-,18+,19+,20?,21+/m0/s1. The summed E-state index contributed by atoms with van der Waals surface area (Å²) in [6, 6.07) is 0. The highest BCUT2D eigenvalue weighted by atomic mass is 16.5. The molecule has 5 heteroatoms. The zero-order valence-electron chi connectivity index (χ0n) is 16.9. The molecular formula is C22H38O5. The van der Waals surface area contributed by atoms with Gasteiger partial charge in [-0.15, -0.1) is 0 Å². The molecule has 0 aliphatic heterocycles. The van der Waals surface area contributed by atoms with Gasteiger partial charge in [-0.1, -0.05) is 50.5 Å². The van der Waals surface area contributed by atoms with Crippen LogP contribution < -0.4 is 0 Å². The lowest BCUT2D eigenvalue weighted by Gasteiger charge is -2.19. The van der Waals surface area contributed by atoms with E-state index in [2.05, 4.69) is 6.92 Å². The normalized spacial score (nSPS) is 26.9. The van der Waals surface area contributed by atoms with Crippen LogP contribution in [0.15, 0.2) is 24.3 Å². The van der Waals surface area contributed by atoms with Gasteiger partial charge in [0.2, 0.25) is 0 Å². The number of carbonyl (C=O) groups excluding carboxylic acids is 1. The van der Waals surface area contributed by atoms with Crippen molar-refractivity contribution in [2.75, 3.05) is 6.61 Å². The summed E-state index contributed by atoms with van der Waals surface area (Å²) < 4.78 is 4.89. The van der Waals surface area contributed by atoms with Crippen LogP contribution in [0, 0.1) is 11.8 Å². The van der Waals surface area contributed by atoms with E-state index in [4.69, 9.17) is 4.74 Å². The number of aliphatic hydroxyl groups excluding tert-OH is 3. The Balaban J connectivity index is 2.42. The molecule has 1 aliphatic rings. The Hall–Kier alpha value is -1.17. The molecule has 0 radical (unpaired) electrons. The van der Waals surface area contributed by atoms with E-state index in [1.807, 2.05) is 18.2 Å². The Bertz CT molecular complexity index is 460. The number of allylic oxidation sites excluding steroid dienone is 2. The van der Waals surface area contributed by atoms with Crippen LogP contribution in [0.5, 0.6) is 0 Å². The summed E-state index contributed by atoms with van der Waals surface area (Å²) in [6.45, 7) is 4.35. The molecule has 0 aromatic carbocycles. The molecule has 0 spiro atoms. The number of unbranched alkanes of at least 4 members (excludes halogenated alkanes) is 3. The molecular weight excluding hydrogens is 344 g/mol.